The maximum Gasteiger partial charge on any atom is 0.134 e. The van der Waals surface area contributed by atoms with Crippen molar-refractivity contribution in [2.75, 3.05) is 0 Å². The molecule has 7 heteroatoms. The van der Waals surface area contributed by atoms with Crippen molar-refractivity contribution >= 4 is 21.8 Å². The summed E-state index contributed by atoms with van der Waals surface area (Å²) in [4.78, 5) is 16.4. The van der Waals surface area contributed by atoms with Gasteiger partial charge in [0.15, 0.2) is 0 Å². The van der Waals surface area contributed by atoms with Gasteiger partial charge in [-0.05, 0) is 48.0 Å². The first kappa shape index (κ1) is 17.3. The number of aromatic amines is 2. The Morgan fingerprint density at radius 2 is 1.61 bits per heavy atom. The summed E-state index contributed by atoms with van der Waals surface area (Å²) in [5, 5.41) is 19.4. The van der Waals surface area contributed by atoms with Crippen molar-refractivity contribution < 1.29 is 5.11 Å². The summed E-state index contributed by atoms with van der Waals surface area (Å²) in [6.07, 6.45) is 8.51. The van der Waals surface area contributed by atoms with Crippen LogP contribution >= 0.6 is 0 Å². The fourth-order valence-electron chi connectivity index (χ4n) is 3.90. The summed E-state index contributed by atoms with van der Waals surface area (Å²) in [5.74, 6) is 0.135. The van der Waals surface area contributed by atoms with Crippen molar-refractivity contribution in [1.29, 1.82) is 0 Å². The molecule has 0 aliphatic heterocycles. The van der Waals surface area contributed by atoms with E-state index in [1.165, 1.54) is 6.20 Å². The minimum Gasteiger partial charge on any atom is -0.506 e. The molecule has 5 heterocycles. The van der Waals surface area contributed by atoms with Gasteiger partial charge in [-0.2, -0.15) is 5.10 Å². The van der Waals surface area contributed by atoms with Gasteiger partial charge in [0.25, 0.3) is 0 Å². The van der Waals surface area contributed by atoms with E-state index in [1.54, 1.807) is 24.7 Å². The zero-order valence-electron chi connectivity index (χ0n) is 16.2. The van der Waals surface area contributed by atoms with Crippen LogP contribution in [0.25, 0.3) is 55.6 Å². The number of pyridine rings is 3. The molecule has 31 heavy (non-hydrogen) atoms. The van der Waals surface area contributed by atoms with Crippen LogP contribution < -0.4 is 0 Å². The van der Waals surface area contributed by atoms with Gasteiger partial charge in [-0.15, -0.1) is 0 Å². The number of aromatic hydroxyl groups is 1. The summed E-state index contributed by atoms with van der Waals surface area (Å²) < 4.78 is 0. The van der Waals surface area contributed by atoms with Crippen LogP contribution in [-0.4, -0.2) is 35.2 Å². The summed E-state index contributed by atoms with van der Waals surface area (Å²) in [7, 11) is 0. The Hall–Kier alpha value is -4.52. The molecule has 0 saturated carbocycles. The second-order valence-electron chi connectivity index (χ2n) is 7.31. The monoisotopic (exact) mass is 404 g/mol. The van der Waals surface area contributed by atoms with E-state index >= 15 is 0 Å². The number of hydrogen-bond donors (Lipinski definition) is 3. The molecule has 6 rings (SSSR count). The number of benzene rings is 1. The number of H-pyrrole nitrogens is 2. The minimum absolute atomic E-state index is 0.135. The van der Waals surface area contributed by atoms with E-state index in [-0.39, 0.29) is 5.75 Å². The van der Waals surface area contributed by atoms with Crippen LogP contribution in [0.5, 0.6) is 5.75 Å². The van der Waals surface area contributed by atoms with Gasteiger partial charge < -0.3 is 10.1 Å². The van der Waals surface area contributed by atoms with Crippen LogP contribution in [-0.2, 0) is 0 Å². The smallest absolute Gasteiger partial charge is 0.134 e. The molecule has 3 N–H and O–H groups in total. The molecular weight excluding hydrogens is 388 g/mol. The predicted octanol–water partition coefficient (Wildman–Crippen LogP) is 4.94. The van der Waals surface area contributed by atoms with Crippen molar-refractivity contribution in [1.82, 2.24) is 30.1 Å². The fourth-order valence-corrected chi connectivity index (χ4v) is 3.90. The van der Waals surface area contributed by atoms with Gasteiger partial charge in [0.05, 0.1) is 23.1 Å². The Kier molecular flexibility index (Phi) is 3.79. The van der Waals surface area contributed by atoms with Crippen LogP contribution in [0.15, 0.2) is 79.5 Å². The lowest BCUT2D eigenvalue weighted by molar-refractivity contribution is 0.473. The van der Waals surface area contributed by atoms with E-state index in [0.717, 1.165) is 55.6 Å². The summed E-state index contributed by atoms with van der Waals surface area (Å²) in [6.45, 7) is 0. The van der Waals surface area contributed by atoms with Crippen molar-refractivity contribution in [2.45, 2.75) is 0 Å². The largest absolute Gasteiger partial charge is 0.506 e. The Morgan fingerprint density at radius 1 is 0.710 bits per heavy atom. The van der Waals surface area contributed by atoms with E-state index in [9.17, 15) is 5.11 Å². The molecule has 1 aromatic carbocycles. The SMILES string of the molecule is Oc1cncc(-c2ccc3[nH]nc(-c4cc5c(-c6cccnc6)nccc5[nH]4)c3c2)c1. The van der Waals surface area contributed by atoms with Gasteiger partial charge in [0.2, 0.25) is 0 Å². The topological polar surface area (TPSA) is 103 Å². The number of hydrogen-bond acceptors (Lipinski definition) is 5. The third-order valence-corrected chi connectivity index (χ3v) is 5.36. The molecular formula is C24H16N6O. The van der Waals surface area contributed by atoms with Crippen molar-refractivity contribution in [2.24, 2.45) is 0 Å². The first-order valence-corrected chi connectivity index (χ1v) is 9.77. The Bertz CT molecular complexity index is 1550. The standard InChI is InChI=1S/C24H16N6O/c31-17-8-16(12-26-13-17)14-3-4-21-18(9-14)24(30-29-21)22-10-19-20(28-22)5-7-27-23(19)15-2-1-6-25-11-15/h1-13,28,31H,(H,29,30). The van der Waals surface area contributed by atoms with Gasteiger partial charge in [-0.1, -0.05) is 6.07 Å². The predicted molar refractivity (Wildman–Crippen MR) is 119 cm³/mol. The van der Waals surface area contributed by atoms with Crippen molar-refractivity contribution in [3.63, 3.8) is 0 Å². The molecule has 0 bridgehead atoms. The van der Waals surface area contributed by atoms with Crippen LogP contribution in [0.3, 0.4) is 0 Å². The highest BCUT2D eigenvalue weighted by Gasteiger charge is 2.15. The Morgan fingerprint density at radius 3 is 2.48 bits per heavy atom. The molecule has 0 amide bonds. The lowest BCUT2D eigenvalue weighted by Crippen LogP contribution is -1.84. The first-order valence-electron chi connectivity index (χ1n) is 9.77. The van der Waals surface area contributed by atoms with Crippen LogP contribution in [0.2, 0.25) is 0 Å². The molecule has 0 saturated heterocycles. The highest BCUT2D eigenvalue weighted by molar-refractivity contribution is 6.00. The molecule has 148 valence electrons. The minimum atomic E-state index is 0.135. The highest BCUT2D eigenvalue weighted by atomic mass is 16.3. The average molecular weight is 404 g/mol. The Balaban J connectivity index is 1.51. The van der Waals surface area contributed by atoms with Crippen LogP contribution in [0.4, 0.5) is 0 Å². The zero-order valence-corrected chi connectivity index (χ0v) is 16.2. The number of fused-ring (bicyclic) bond motifs is 2. The number of aromatic nitrogens is 6. The van der Waals surface area contributed by atoms with Gasteiger partial charge in [0.1, 0.15) is 11.4 Å². The van der Waals surface area contributed by atoms with Gasteiger partial charge >= 0.3 is 0 Å². The van der Waals surface area contributed by atoms with E-state index < -0.39 is 0 Å². The zero-order chi connectivity index (χ0) is 20.8. The molecule has 0 radical (unpaired) electrons. The maximum absolute atomic E-state index is 9.78. The second-order valence-corrected chi connectivity index (χ2v) is 7.31. The fraction of sp³-hybridized carbons (Fsp3) is 0. The molecule has 0 aliphatic rings. The lowest BCUT2D eigenvalue weighted by atomic mass is 10.0. The van der Waals surface area contributed by atoms with Gasteiger partial charge in [-0.3, -0.25) is 20.1 Å². The molecule has 0 spiro atoms. The maximum atomic E-state index is 9.78. The van der Waals surface area contributed by atoms with E-state index in [0.29, 0.717) is 0 Å². The third-order valence-electron chi connectivity index (χ3n) is 5.36. The van der Waals surface area contributed by atoms with Crippen molar-refractivity contribution in [3.05, 3.63) is 79.5 Å². The molecule has 5 aromatic heterocycles. The van der Waals surface area contributed by atoms with E-state index in [4.69, 9.17) is 0 Å². The molecule has 0 unspecified atom stereocenters. The molecule has 0 aliphatic carbocycles. The molecule has 6 aromatic rings. The quantitative estimate of drug-likeness (QED) is 0.388. The van der Waals surface area contributed by atoms with Crippen molar-refractivity contribution in [3.8, 4) is 39.5 Å². The van der Waals surface area contributed by atoms with Gasteiger partial charge in [-0.25, -0.2) is 0 Å². The summed E-state index contributed by atoms with van der Waals surface area (Å²) >= 11 is 0. The van der Waals surface area contributed by atoms with Crippen LogP contribution in [0, 0.1) is 0 Å². The number of nitrogens with one attached hydrogen (secondary N) is 2. The summed E-state index contributed by atoms with van der Waals surface area (Å²) in [6, 6.07) is 15.6. The second kappa shape index (κ2) is 6.77. The van der Waals surface area contributed by atoms with Gasteiger partial charge in [0, 0.05) is 52.2 Å². The molecule has 0 atom stereocenters. The first-order chi connectivity index (χ1) is 15.3. The summed E-state index contributed by atoms with van der Waals surface area (Å²) in [5.41, 5.74) is 7.25. The van der Waals surface area contributed by atoms with Crippen LogP contribution in [0.1, 0.15) is 0 Å². The molecule has 7 nitrogen and oxygen atoms in total. The normalized spacial score (nSPS) is 11.4. The highest BCUT2D eigenvalue weighted by Crippen LogP contribution is 2.34. The number of rotatable bonds is 3. The number of nitrogens with zero attached hydrogens (tertiary/aromatic N) is 4. The average Bonchev–Trinajstić information content (AvgIpc) is 3.43. The van der Waals surface area contributed by atoms with E-state index in [2.05, 4.69) is 42.3 Å². The third kappa shape index (κ3) is 2.91. The Labute approximate surface area is 176 Å². The lowest BCUT2D eigenvalue weighted by Gasteiger charge is -2.02. The molecule has 0 fully saturated rings. The van der Waals surface area contributed by atoms with E-state index in [1.807, 2.05) is 36.5 Å².